The maximum absolute atomic E-state index is 12.1. The van der Waals surface area contributed by atoms with Crippen LogP contribution in [0.4, 0.5) is 5.69 Å². The predicted molar refractivity (Wildman–Crippen MR) is 86.6 cm³/mol. The van der Waals surface area contributed by atoms with Crippen molar-refractivity contribution in [3.05, 3.63) is 57.5 Å². The molecule has 21 heavy (non-hydrogen) atoms. The minimum absolute atomic E-state index is 0.294. The monoisotopic (exact) mass is 343 g/mol. The van der Waals surface area contributed by atoms with Gasteiger partial charge in [0.2, 0.25) is 0 Å². The first-order valence-corrected chi connectivity index (χ1v) is 7.28. The molecule has 2 aromatic carbocycles. The molecular formula is C15H12Cl3NO2. The highest BCUT2D eigenvalue weighted by molar-refractivity contribution is 6.44. The van der Waals surface area contributed by atoms with Crippen molar-refractivity contribution in [1.29, 1.82) is 0 Å². The Morgan fingerprint density at radius 3 is 2.57 bits per heavy atom. The molecule has 0 aliphatic carbocycles. The summed E-state index contributed by atoms with van der Waals surface area (Å²) in [6.07, 6.45) is -0.710. The van der Waals surface area contributed by atoms with Crippen LogP contribution >= 0.6 is 34.8 Å². The van der Waals surface area contributed by atoms with Gasteiger partial charge in [0.15, 0.2) is 6.10 Å². The lowest BCUT2D eigenvalue weighted by Crippen LogP contribution is -2.30. The lowest BCUT2D eigenvalue weighted by Gasteiger charge is -2.15. The second kappa shape index (κ2) is 7.03. The van der Waals surface area contributed by atoms with E-state index in [0.717, 1.165) is 0 Å². The van der Waals surface area contributed by atoms with Crippen LogP contribution in [0, 0.1) is 0 Å². The molecule has 110 valence electrons. The Balaban J connectivity index is 2.04. The molecule has 0 saturated heterocycles. The first-order chi connectivity index (χ1) is 9.97. The van der Waals surface area contributed by atoms with Gasteiger partial charge in [-0.2, -0.15) is 0 Å². The van der Waals surface area contributed by atoms with Gasteiger partial charge in [-0.25, -0.2) is 0 Å². The molecule has 0 aliphatic heterocycles. The number of halogens is 3. The van der Waals surface area contributed by atoms with Crippen molar-refractivity contribution in [2.24, 2.45) is 0 Å². The van der Waals surface area contributed by atoms with E-state index in [1.807, 2.05) is 0 Å². The van der Waals surface area contributed by atoms with Crippen molar-refractivity contribution >= 4 is 46.4 Å². The summed E-state index contributed by atoms with van der Waals surface area (Å²) in [7, 11) is 0. The molecule has 0 fully saturated rings. The molecule has 0 aromatic heterocycles. The predicted octanol–water partition coefficient (Wildman–Crippen LogP) is 5.05. The van der Waals surface area contributed by atoms with Gasteiger partial charge in [-0.15, -0.1) is 0 Å². The van der Waals surface area contributed by atoms with Gasteiger partial charge in [0.25, 0.3) is 5.91 Å². The number of nitrogens with one attached hydrogen (secondary N) is 1. The van der Waals surface area contributed by atoms with Gasteiger partial charge in [0.05, 0.1) is 15.7 Å². The van der Waals surface area contributed by atoms with E-state index < -0.39 is 6.10 Å². The summed E-state index contributed by atoms with van der Waals surface area (Å²) in [5.74, 6) is 0.182. The van der Waals surface area contributed by atoms with Gasteiger partial charge in [0, 0.05) is 5.02 Å². The summed E-state index contributed by atoms with van der Waals surface area (Å²) >= 11 is 17.8. The number of anilines is 1. The first-order valence-electron chi connectivity index (χ1n) is 6.14. The molecule has 0 unspecified atom stereocenters. The highest BCUT2D eigenvalue weighted by Crippen LogP contribution is 2.29. The van der Waals surface area contributed by atoms with Crippen molar-refractivity contribution in [1.82, 2.24) is 0 Å². The number of ether oxygens (including phenoxy) is 1. The summed E-state index contributed by atoms with van der Waals surface area (Å²) in [6.45, 7) is 1.63. The second-order valence-corrected chi connectivity index (χ2v) is 5.53. The van der Waals surface area contributed by atoms with Crippen LogP contribution in [0.5, 0.6) is 5.75 Å². The summed E-state index contributed by atoms with van der Waals surface area (Å²) in [5.41, 5.74) is 0.440. The third kappa shape index (κ3) is 4.27. The Morgan fingerprint density at radius 1 is 1.14 bits per heavy atom. The average molecular weight is 345 g/mol. The normalized spacial score (nSPS) is 11.8. The van der Waals surface area contributed by atoms with E-state index in [0.29, 0.717) is 26.5 Å². The van der Waals surface area contributed by atoms with E-state index in [1.165, 1.54) is 0 Å². The van der Waals surface area contributed by atoms with E-state index in [-0.39, 0.29) is 5.91 Å². The number of hydrogen-bond acceptors (Lipinski definition) is 2. The molecule has 0 spiro atoms. The number of hydrogen-bond donors (Lipinski definition) is 1. The molecule has 2 rings (SSSR count). The lowest BCUT2D eigenvalue weighted by atomic mass is 10.3. The SMILES string of the molecule is C[C@H](Oc1cccc(Cl)c1)C(=O)Nc1cccc(Cl)c1Cl. The number of benzene rings is 2. The maximum Gasteiger partial charge on any atom is 0.265 e. The van der Waals surface area contributed by atoms with Gasteiger partial charge in [-0.3, -0.25) is 4.79 Å². The van der Waals surface area contributed by atoms with Crippen LogP contribution in [0.2, 0.25) is 15.1 Å². The fourth-order valence-corrected chi connectivity index (χ4v) is 2.16. The molecule has 6 heteroatoms. The van der Waals surface area contributed by atoms with Crippen LogP contribution in [0.25, 0.3) is 0 Å². The van der Waals surface area contributed by atoms with E-state index in [9.17, 15) is 4.79 Å². The minimum Gasteiger partial charge on any atom is -0.481 e. The molecule has 0 saturated carbocycles. The topological polar surface area (TPSA) is 38.3 Å². The Labute approximate surface area is 137 Å². The van der Waals surface area contributed by atoms with E-state index in [2.05, 4.69) is 5.32 Å². The summed E-state index contributed by atoms with van der Waals surface area (Å²) in [5, 5.41) is 3.88. The molecule has 3 nitrogen and oxygen atoms in total. The van der Waals surface area contributed by atoms with Crippen LogP contribution < -0.4 is 10.1 Å². The van der Waals surface area contributed by atoms with E-state index >= 15 is 0 Å². The highest BCUT2D eigenvalue weighted by Gasteiger charge is 2.16. The number of carbonyl (C=O) groups is 1. The van der Waals surface area contributed by atoms with Crippen LogP contribution in [-0.4, -0.2) is 12.0 Å². The maximum atomic E-state index is 12.1. The number of carbonyl (C=O) groups excluding carboxylic acids is 1. The van der Waals surface area contributed by atoms with Crippen LogP contribution in [0.15, 0.2) is 42.5 Å². The third-order valence-corrected chi connectivity index (χ3v) is 3.74. The first kappa shape index (κ1) is 16.0. The van der Waals surface area contributed by atoms with Crippen molar-refractivity contribution in [3.8, 4) is 5.75 Å². The zero-order valence-electron chi connectivity index (χ0n) is 11.1. The summed E-state index contributed by atoms with van der Waals surface area (Å²) in [4.78, 5) is 12.1. The zero-order chi connectivity index (χ0) is 15.4. The largest absolute Gasteiger partial charge is 0.481 e. The summed E-state index contributed by atoms with van der Waals surface area (Å²) < 4.78 is 5.53. The quantitative estimate of drug-likeness (QED) is 0.842. The fourth-order valence-electron chi connectivity index (χ4n) is 1.63. The van der Waals surface area contributed by atoms with Crippen LogP contribution in [-0.2, 0) is 4.79 Å². The average Bonchev–Trinajstić information content (AvgIpc) is 2.44. The van der Waals surface area contributed by atoms with E-state index in [4.69, 9.17) is 39.5 Å². The highest BCUT2D eigenvalue weighted by atomic mass is 35.5. The van der Waals surface area contributed by atoms with E-state index in [1.54, 1.807) is 49.4 Å². The molecule has 0 heterocycles. The van der Waals surface area contributed by atoms with Crippen molar-refractivity contribution < 1.29 is 9.53 Å². The van der Waals surface area contributed by atoms with Gasteiger partial charge >= 0.3 is 0 Å². The Kier molecular flexibility index (Phi) is 5.34. The van der Waals surface area contributed by atoms with Gasteiger partial charge in [-0.1, -0.05) is 46.9 Å². The zero-order valence-corrected chi connectivity index (χ0v) is 13.3. The molecule has 1 atom stereocenters. The minimum atomic E-state index is -0.710. The molecule has 2 aromatic rings. The van der Waals surface area contributed by atoms with Crippen LogP contribution in [0.3, 0.4) is 0 Å². The molecule has 0 radical (unpaired) electrons. The second-order valence-electron chi connectivity index (χ2n) is 4.31. The van der Waals surface area contributed by atoms with Gasteiger partial charge in [-0.05, 0) is 37.3 Å². The van der Waals surface area contributed by atoms with Gasteiger partial charge < -0.3 is 10.1 Å². The number of rotatable bonds is 4. The number of amides is 1. The molecule has 0 bridgehead atoms. The van der Waals surface area contributed by atoms with Crippen molar-refractivity contribution in [3.63, 3.8) is 0 Å². The summed E-state index contributed by atoms with van der Waals surface area (Å²) in [6, 6.07) is 11.8. The molecule has 1 N–H and O–H groups in total. The molecule has 0 aliphatic rings. The molecule has 1 amide bonds. The Morgan fingerprint density at radius 2 is 1.86 bits per heavy atom. The molecular weight excluding hydrogens is 333 g/mol. The van der Waals surface area contributed by atoms with Crippen molar-refractivity contribution in [2.45, 2.75) is 13.0 Å². The third-order valence-electron chi connectivity index (χ3n) is 2.69. The lowest BCUT2D eigenvalue weighted by molar-refractivity contribution is -0.122. The van der Waals surface area contributed by atoms with Gasteiger partial charge in [0.1, 0.15) is 5.75 Å². The van der Waals surface area contributed by atoms with Crippen molar-refractivity contribution in [2.75, 3.05) is 5.32 Å². The standard InChI is InChI=1S/C15H12Cl3NO2/c1-9(21-11-5-2-4-10(16)8-11)15(20)19-13-7-3-6-12(17)14(13)18/h2-9H,1H3,(H,19,20)/t9-/m0/s1. The Hall–Kier alpha value is -1.42. The smallest absolute Gasteiger partial charge is 0.265 e. The van der Waals surface area contributed by atoms with Crippen LogP contribution in [0.1, 0.15) is 6.92 Å². The fraction of sp³-hybridized carbons (Fsp3) is 0.133. The Bertz CT molecular complexity index is 661.